The topological polar surface area (TPSA) is 97.8 Å². The van der Waals surface area contributed by atoms with E-state index in [9.17, 15) is 14.7 Å². The number of hydrogen-bond donors (Lipinski definition) is 2. The molecule has 2 N–H and O–H groups in total. The van der Waals surface area contributed by atoms with Crippen LogP contribution in [0.4, 0.5) is 4.79 Å². The number of aliphatic hydroxyl groups excluding tert-OH is 1. The lowest BCUT2D eigenvalue weighted by Crippen LogP contribution is -2.45. The summed E-state index contributed by atoms with van der Waals surface area (Å²) in [5.74, 6) is -0.557. The first kappa shape index (κ1) is 21.9. The van der Waals surface area contributed by atoms with Gasteiger partial charge in [-0.2, -0.15) is 0 Å². The monoisotopic (exact) mass is 366 g/mol. The zero-order chi connectivity index (χ0) is 19.7. The molecule has 0 radical (unpaired) electrons. The van der Waals surface area contributed by atoms with E-state index in [4.69, 9.17) is 9.47 Å². The van der Waals surface area contributed by atoms with Gasteiger partial charge >= 0.3 is 12.1 Å². The standard InChI is InChI=1S/C19H30N2O5/c1-13(22)7-6-8-14-9-10-15(20-12-14)11-16(17(23)25-5)21-18(24)26-19(2,3)4/h9-10,12-13,16,22H,6-8,11H2,1-5H3,(H,21,24)/t13?,16-/m0/s1. The summed E-state index contributed by atoms with van der Waals surface area (Å²) in [7, 11) is 1.27. The van der Waals surface area contributed by atoms with Crippen LogP contribution in [0.25, 0.3) is 0 Å². The average molecular weight is 366 g/mol. The van der Waals surface area contributed by atoms with E-state index in [0.717, 1.165) is 24.8 Å². The number of aliphatic hydroxyl groups is 1. The van der Waals surface area contributed by atoms with E-state index in [1.807, 2.05) is 12.1 Å². The Labute approximate surface area is 155 Å². The molecule has 0 saturated carbocycles. The number of methoxy groups -OCH3 is 1. The van der Waals surface area contributed by atoms with Gasteiger partial charge in [-0.1, -0.05) is 6.07 Å². The van der Waals surface area contributed by atoms with Crippen molar-refractivity contribution in [1.82, 2.24) is 10.3 Å². The van der Waals surface area contributed by atoms with Crippen molar-refractivity contribution in [2.45, 2.75) is 71.1 Å². The van der Waals surface area contributed by atoms with E-state index in [1.165, 1.54) is 7.11 Å². The molecule has 1 rings (SSSR count). The van der Waals surface area contributed by atoms with E-state index in [1.54, 1.807) is 33.9 Å². The van der Waals surface area contributed by atoms with Crippen LogP contribution in [-0.2, 0) is 27.1 Å². The van der Waals surface area contributed by atoms with Crippen LogP contribution in [0.15, 0.2) is 18.3 Å². The molecule has 146 valence electrons. The number of amides is 1. The second kappa shape index (κ2) is 10.1. The molecule has 0 aliphatic rings. The Kier molecular flexibility index (Phi) is 8.51. The van der Waals surface area contributed by atoms with Gasteiger partial charge in [0.1, 0.15) is 11.6 Å². The molecule has 1 aromatic heterocycles. The SMILES string of the molecule is COC(=O)[C@H](Cc1ccc(CCCC(C)O)cn1)NC(=O)OC(C)(C)C. The quantitative estimate of drug-likeness (QED) is 0.686. The van der Waals surface area contributed by atoms with Gasteiger partial charge in [-0.3, -0.25) is 4.98 Å². The highest BCUT2D eigenvalue weighted by molar-refractivity contribution is 5.81. The summed E-state index contributed by atoms with van der Waals surface area (Å²) >= 11 is 0. The van der Waals surface area contributed by atoms with Gasteiger partial charge in [-0.15, -0.1) is 0 Å². The van der Waals surface area contributed by atoms with E-state index in [2.05, 4.69) is 10.3 Å². The third kappa shape index (κ3) is 8.80. The Hall–Kier alpha value is -2.15. The van der Waals surface area contributed by atoms with Gasteiger partial charge in [0.2, 0.25) is 0 Å². The van der Waals surface area contributed by atoms with E-state index >= 15 is 0 Å². The summed E-state index contributed by atoms with van der Waals surface area (Å²) in [6, 6.07) is 2.89. The first-order valence-corrected chi connectivity index (χ1v) is 8.80. The number of alkyl carbamates (subject to hydrolysis) is 1. The largest absolute Gasteiger partial charge is 0.467 e. The highest BCUT2D eigenvalue weighted by atomic mass is 16.6. The molecule has 0 fully saturated rings. The van der Waals surface area contributed by atoms with Crippen molar-refractivity contribution < 1.29 is 24.2 Å². The maximum absolute atomic E-state index is 11.9. The summed E-state index contributed by atoms with van der Waals surface area (Å²) in [6.45, 7) is 7.01. The fourth-order valence-corrected chi connectivity index (χ4v) is 2.32. The lowest BCUT2D eigenvalue weighted by Gasteiger charge is -2.22. The lowest BCUT2D eigenvalue weighted by molar-refractivity contribution is -0.143. The minimum absolute atomic E-state index is 0.208. The number of ether oxygens (including phenoxy) is 2. The molecular weight excluding hydrogens is 336 g/mol. The van der Waals surface area contributed by atoms with Crippen molar-refractivity contribution in [3.05, 3.63) is 29.6 Å². The van der Waals surface area contributed by atoms with Crippen molar-refractivity contribution >= 4 is 12.1 Å². The first-order valence-electron chi connectivity index (χ1n) is 8.80. The molecule has 26 heavy (non-hydrogen) atoms. The molecule has 0 aliphatic heterocycles. The van der Waals surface area contributed by atoms with Crippen LogP contribution in [-0.4, -0.2) is 47.0 Å². The zero-order valence-electron chi connectivity index (χ0n) is 16.2. The molecule has 7 nitrogen and oxygen atoms in total. The number of rotatable bonds is 8. The molecule has 0 aromatic carbocycles. The normalized spacial score (nSPS) is 13.6. The van der Waals surface area contributed by atoms with Crippen molar-refractivity contribution in [2.24, 2.45) is 0 Å². The van der Waals surface area contributed by atoms with E-state index in [0.29, 0.717) is 5.69 Å². The van der Waals surface area contributed by atoms with Crippen LogP contribution in [0.3, 0.4) is 0 Å². The van der Waals surface area contributed by atoms with Gasteiger partial charge in [0.15, 0.2) is 0 Å². The minimum Gasteiger partial charge on any atom is -0.467 e. The highest BCUT2D eigenvalue weighted by Crippen LogP contribution is 2.10. The fraction of sp³-hybridized carbons (Fsp3) is 0.632. The Morgan fingerprint density at radius 1 is 1.31 bits per heavy atom. The number of pyridine rings is 1. The molecule has 0 aliphatic carbocycles. The molecule has 1 aromatic rings. The Morgan fingerprint density at radius 2 is 2.00 bits per heavy atom. The third-order valence-electron chi connectivity index (χ3n) is 3.56. The summed E-state index contributed by atoms with van der Waals surface area (Å²) in [4.78, 5) is 28.2. The van der Waals surface area contributed by atoms with Crippen molar-refractivity contribution in [2.75, 3.05) is 7.11 Å². The van der Waals surface area contributed by atoms with Gasteiger partial charge in [-0.25, -0.2) is 9.59 Å². The second-order valence-electron chi connectivity index (χ2n) is 7.33. The molecule has 1 unspecified atom stereocenters. The number of aromatic nitrogens is 1. The number of nitrogens with one attached hydrogen (secondary N) is 1. The highest BCUT2D eigenvalue weighted by Gasteiger charge is 2.25. The summed E-state index contributed by atoms with van der Waals surface area (Å²) in [5, 5.41) is 11.8. The molecule has 1 heterocycles. The molecule has 0 bridgehead atoms. The van der Waals surface area contributed by atoms with Crippen LogP contribution in [0, 0.1) is 0 Å². The van der Waals surface area contributed by atoms with Gasteiger partial charge in [0.25, 0.3) is 0 Å². The third-order valence-corrected chi connectivity index (χ3v) is 3.56. The zero-order valence-corrected chi connectivity index (χ0v) is 16.2. The first-order chi connectivity index (χ1) is 12.1. The van der Waals surface area contributed by atoms with E-state index in [-0.39, 0.29) is 12.5 Å². The molecular formula is C19H30N2O5. The van der Waals surface area contributed by atoms with Crippen LogP contribution in [0.5, 0.6) is 0 Å². The van der Waals surface area contributed by atoms with Crippen LogP contribution in [0.2, 0.25) is 0 Å². The Morgan fingerprint density at radius 3 is 2.50 bits per heavy atom. The number of nitrogens with zero attached hydrogens (tertiary/aromatic N) is 1. The second-order valence-corrected chi connectivity index (χ2v) is 7.33. The molecule has 1 amide bonds. The molecule has 2 atom stereocenters. The predicted octanol–water partition coefficient (Wildman–Crippen LogP) is 2.39. The minimum atomic E-state index is -0.872. The van der Waals surface area contributed by atoms with Gasteiger partial charge < -0.3 is 19.9 Å². The Balaban J connectivity index is 2.67. The fourth-order valence-electron chi connectivity index (χ4n) is 2.32. The van der Waals surface area contributed by atoms with Crippen LogP contribution >= 0.6 is 0 Å². The lowest BCUT2D eigenvalue weighted by atomic mass is 10.1. The maximum atomic E-state index is 11.9. The van der Waals surface area contributed by atoms with Gasteiger partial charge in [0.05, 0.1) is 13.2 Å². The number of hydrogen-bond acceptors (Lipinski definition) is 6. The van der Waals surface area contributed by atoms with Crippen molar-refractivity contribution in [1.29, 1.82) is 0 Å². The summed E-state index contributed by atoms with van der Waals surface area (Å²) in [5.41, 5.74) is 1.07. The maximum Gasteiger partial charge on any atom is 0.408 e. The number of carbonyl (C=O) groups is 2. The average Bonchev–Trinajstić information content (AvgIpc) is 2.53. The summed E-state index contributed by atoms with van der Waals surface area (Å²) in [6.07, 6.45) is 3.42. The molecule has 0 saturated heterocycles. The number of esters is 1. The van der Waals surface area contributed by atoms with Gasteiger partial charge in [0, 0.05) is 18.3 Å². The van der Waals surface area contributed by atoms with Crippen LogP contribution < -0.4 is 5.32 Å². The summed E-state index contributed by atoms with van der Waals surface area (Å²) < 4.78 is 9.94. The molecule has 0 spiro atoms. The number of carbonyl (C=O) groups excluding carboxylic acids is 2. The van der Waals surface area contributed by atoms with Crippen LogP contribution in [0.1, 0.15) is 51.8 Å². The molecule has 7 heteroatoms. The van der Waals surface area contributed by atoms with Crippen molar-refractivity contribution in [3.63, 3.8) is 0 Å². The Bertz CT molecular complexity index is 579. The van der Waals surface area contributed by atoms with Gasteiger partial charge in [-0.05, 0) is 58.6 Å². The number of aryl methyl sites for hydroxylation is 1. The smallest absolute Gasteiger partial charge is 0.408 e. The van der Waals surface area contributed by atoms with E-state index < -0.39 is 23.7 Å². The van der Waals surface area contributed by atoms with Crippen molar-refractivity contribution in [3.8, 4) is 0 Å². The predicted molar refractivity (Wildman–Crippen MR) is 97.7 cm³/mol.